The van der Waals surface area contributed by atoms with Crippen molar-refractivity contribution in [1.29, 1.82) is 0 Å². The van der Waals surface area contributed by atoms with Gasteiger partial charge < -0.3 is 15.0 Å². The van der Waals surface area contributed by atoms with Gasteiger partial charge in [0, 0.05) is 25.6 Å². The number of carbonyl (C=O) groups is 1. The first kappa shape index (κ1) is 19.3. The SMILES string of the molecule is O=C(NCc1ncc[nH]1)C1(Cc2cccc(-c3cccc(F)c3)c2)CCOCC1. The number of nitrogens with zero attached hydrogens (tertiary/aromatic N) is 1. The minimum absolute atomic E-state index is 0.0216. The second kappa shape index (κ2) is 8.57. The lowest BCUT2D eigenvalue weighted by atomic mass is 9.74. The molecule has 1 fully saturated rings. The largest absolute Gasteiger partial charge is 0.381 e. The zero-order valence-corrected chi connectivity index (χ0v) is 16.2. The van der Waals surface area contributed by atoms with Crippen molar-refractivity contribution in [1.82, 2.24) is 15.3 Å². The third-order valence-corrected chi connectivity index (χ3v) is 5.53. The summed E-state index contributed by atoms with van der Waals surface area (Å²) < 4.78 is 19.1. The molecule has 29 heavy (non-hydrogen) atoms. The van der Waals surface area contributed by atoms with E-state index in [1.165, 1.54) is 12.1 Å². The lowest BCUT2D eigenvalue weighted by Gasteiger charge is -2.36. The first-order chi connectivity index (χ1) is 14.1. The van der Waals surface area contributed by atoms with Crippen LogP contribution in [0.1, 0.15) is 24.2 Å². The predicted octanol–water partition coefficient (Wildman–Crippen LogP) is 3.87. The standard InChI is InChI=1S/C23H24FN3O2/c24-20-6-2-5-19(14-20)18-4-1-3-17(13-18)15-23(7-11-29-12-8-23)22(28)27-16-21-25-9-10-26-21/h1-6,9-10,13-14H,7-8,11-12,15-16H2,(H,25,26)(H,27,28). The lowest BCUT2D eigenvalue weighted by Crippen LogP contribution is -2.46. The van der Waals surface area contributed by atoms with E-state index in [0.29, 0.717) is 39.0 Å². The maximum absolute atomic E-state index is 13.6. The van der Waals surface area contributed by atoms with Crippen molar-refractivity contribution in [2.75, 3.05) is 13.2 Å². The van der Waals surface area contributed by atoms with Gasteiger partial charge >= 0.3 is 0 Å². The fourth-order valence-corrected chi connectivity index (χ4v) is 3.91. The molecule has 1 aliphatic rings. The third-order valence-electron chi connectivity index (χ3n) is 5.53. The summed E-state index contributed by atoms with van der Waals surface area (Å²) in [5.41, 5.74) is 2.31. The van der Waals surface area contributed by atoms with Gasteiger partial charge in [-0.25, -0.2) is 9.37 Å². The molecule has 1 aliphatic heterocycles. The van der Waals surface area contributed by atoms with Crippen LogP contribution in [0.5, 0.6) is 0 Å². The Balaban J connectivity index is 1.55. The Kier molecular flexibility index (Phi) is 5.71. The summed E-state index contributed by atoms with van der Waals surface area (Å²) >= 11 is 0. The van der Waals surface area contributed by atoms with Crippen molar-refractivity contribution in [2.24, 2.45) is 5.41 Å². The highest BCUT2D eigenvalue weighted by Gasteiger charge is 2.40. The molecule has 4 rings (SSSR count). The van der Waals surface area contributed by atoms with E-state index in [9.17, 15) is 9.18 Å². The topological polar surface area (TPSA) is 67.0 Å². The van der Waals surface area contributed by atoms with Crippen molar-refractivity contribution in [2.45, 2.75) is 25.8 Å². The molecule has 6 heteroatoms. The first-order valence-corrected chi connectivity index (χ1v) is 9.84. The van der Waals surface area contributed by atoms with Gasteiger partial charge in [-0.05, 0) is 48.1 Å². The molecule has 0 bridgehead atoms. The Labute approximate surface area is 169 Å². The number of carbonyl (C=O) groups excluding carboxylic acids is 1. The zero-order valence-electron chi connectivity index (χ0n) is 16.2. The van der Waals surface area contributed by atoms with Crippen LogP contribution in [-0.2, 0) is 22.5 Å². The Bertz CT molecular complexity index is 966. The summed E-state index contributed by atoms with van der Waals surface area (Å²) in [5.74, 6) is 0.494. The Morgan fingerprint density at radius 1 is 1.14 bits per heavy atom. The van der Waals surface area contributed by atoms with E-state index in [1.54, 1.807) is 18.5 Å². The number of benzene rings is 2. The van der Waals surface area contributed by atoms with Crippen LogP contribution in [0.4, 0.5) is 4.39 Å². The van der Waals surface area contributed by atoms with Crippen molar-refractivity contribution < 1.29 is 13.9 Å². The minimum atomic E-state index is -0.522. The number of nitrogens with one attached hydrogen (secondary N) is 2. The number of ether oxygens (including phenoxy) is 1. The third kappa shape index (κ3) is 4.54. The normalized spacial score (nSPS) is 15.8. The molecular weight excluding hydrogens is 369 g/mol. The van der Waals surface area contributed by atoms with Crippen LogP contribution in [0, 0.1) is 11.2 Å². The molecule has 0 saturated carbocycles. The lowest BCUT2D eigenvalue weighted by molar-refractivity contribution is -0.136. The van der Waals surface area contributed by atoms with Gasteiger partial charge in [0.2, 0.25) is 5.91 Å². The average Bonchev–Trinajstić information content (AvgIpc) is 3.26. The molecule has 2 aromatic carbocycles. The molecule has 1 amide bonds. The molecule has 150 valence electrons. The van der Waals surface area contributed by atoms with Crippen LogP contribution in [0.15, 0.2) is 60.9 Å². The van der Waals surface area contributed by atoms with E-state index in [4.69, 9.17) is 4.74 Å². The van der Waals surface area contributed by atoms with E-state index in [2.05, 4.69) is 15.3 Å². The summed E-state index contributed by atoms with van der Waals surface area (Å²) in [6.07, 6.45) is 5.36. The quantitative estimate of drug-likeness (QED) is 0.668. The molecule has 0 radical (unpaired) electrons. The number of halogens is 1. The van der Waals surface area contributed by atoms with Crippen molar-refractivity contribution in [3.8, 4) is 11.1 Å². The van der Waals surface area contributed by atoms with Crippen LogP contribution in [0.25, 0.3) is 11.1 Å². The van der Waals surface area contributed by atoms with Gasteiger partial charge in [0.15, 0.2) is 0 Å². The summed E-state index contributed by atoms with van der Waals surface area (Å²) in [4.78, 5) is 20.3. The molecule has 0 atom stereocenters. The number of rotatable bonds is 6. The highest BCUT2D eigenvalue weighted by Crippen LogP contribution is 2.36. The highest BCUT2D eigenvalue weighted by molar-refractivity contribution is 5.83. The van der Waals surface area contributed by atoms with Gasteiger partial charge in [0.25, 0.3) is 0 Å². The van der Waals surface area contributed by atoms with Gasteiger partial charge in [-0.15, -0.1) is 0 Å². The Hall–Kier alpha value is -2.99. The average molecular weight is 393 g/mol. The molecule has 1 saturated heterocycles. The number of hydrogen-bond donors (Lipinski definition) is 2. The second-order valence-electron chi connectivity index (χ2n) is 7.50. The fraction of sp³-hybridized carbons (Fsp3) is 0.304. The van der Waals surface area contributed by atoms with E-state index >= 15 is 0 Å². The summed E-state index contributed by atoms with van der Waals surface area (Å²) in [7, 11) is 0. The first-order valence-electron chi connectivity index (χ1n) is 9.84. The molecule has 1 aromatic heterocycles. The molecule has 5 nitrogen and oxygen atoms in total. The number of amides is 1. The number of imidazole rings is 1. The number of aromatic nitrogens is 2. The van der Waals surface area contributed by atoms with Gasteiger partial charge in [0.05, 0.1) is 12.0 Å². The zero-order chi connectivity index (χ0) is 20.1. The maximum atomic E-state index is 13.6. The van der Waals surface area contributed by atoms with Gasteiger partial charge in [-0.2, -0.15) is 0 Å². The number of aromatic amines is 1. The Morgan fingerprint density at radius 3 is 2.62 bits per heavy atom. The highest BCUT2D eigenvalue weighted by atomic mass is 19.1. The van der Waals surface area contributed by atoms with E-state index in [0.717, 1.165) is 22.5 Å². The Morgan fingerprint density at radius 2 is 1.90 bits per heavy atom. The second-order valence-corrected chi connectivity index (χ2v) is 7.50. The van der Waals surface area contributed by atoms with Crippen LogP contribution < -0.4 is 5.32 Å². The van der Waals surface area contributed by atoms with Crippen molar-refractivity contribution >= 4 is 5.91 Å². The molecule has 3 aromatic rings. The van der Waals surface area contributed by atoms with E-state index in [1.807, 2.05) is 30.3 Å². The molecule has 2 heterocycles. The van der Waals surface area contributed by atoms with Gasteiger partial charge in [-0.1, -0.05) is 36.4 Å². The number of H-pyrrole nitrogens is 1. The summed E-state index contributed by atoms with van der Waals surface area (Å²) in [6, 6.07) is 14.6. The van der Waals surface area contributed by atoms with Crippen LogP contribution >= 0.6 is 0 Å². The van der Waals surface area contributed by atoms with Crippen LogP contribution in [0.2, 0.25) is 0 Å². The van der Waals surface area contributed by atoms with Crippen LogP contribution in [0.3, 0.4) is 0 Å². The van der Waals surface area contributed by atoms with Crippen LogP contribution in [-0.4, -0.2) is 29.1 Å². The molecule has 0 spiro atoms. The fourth-order valence-electron chi connectivity index (χ4n) is 3.91. The van der Waals surface area contributed by atoms with Gasteiger partial charge in [0.1, 0.15) is 11.6 Å². The maximum Gasteiger partial charge on any atom is 0.227 e. The monoisotopic (exact) mass is 393 g/mol. The number of hydrogen-bond acceptors (Lipinski definition) is 3. The van der Waals surface area contributed by atoms with Gasteiger partial charge in [-0.3, -0.25) is 4.79 Å². The minimum Gasteiger partial charge on any atom is -0.381 e. The van der Waals surface area contributed by atoms with E-state index in [-0.39, 0.29) is 11.7 Å². The predicted molar refractivity (Wildman–Crippen MR) is 108 cm³/mol. The smallest absolute Gasteiger partial charge is 0.227 e. The molecular formula is C23H24FN3O2. The van der Waals surface area contributed by atoms with E-state index < -0.39 is 5.41 Å². The summed E-state index contributed by atoms with van der Waals surface area (Å²) in [6.45, 7) is 1.51. The van der Waals surface area contributed by atoms with Crippen molar-refractivity contribution in [3.05, 3.63) is 78.1 Å². The molecule has 0 unspecified atom stereocenters. The molecule has 0 aliphatic carbocycles. The van der Waals surface area contributed by atoms with Crippen molar-refractivity contribution in [3.63, 3.8) is 0 Å². The molecule has 2 N–H and O–H groups in total. The summed E-state index contributed by atoms with van der Waals surface area (Å²) in [5, 5.41) is 3.03.